The number of carbonyl (C=O) groups is 1. The highest BCUT2D eigenvalue weighted by Crippen LogP contribution is 2.03. The van der Waals surface area contributed by atoms with E-state index in [4.69, 9.17) is 4.42 Å². The van der Waals surface area contributed by atoms with Crippen LogP contribution in [0.4, 0.5) is 0 Å². The van der Waals surface area contributed by atoms with Crippen molar-refractivity contribution in [1.82, 2.24) is 15.6 Å². The van der Waals surface area contributed by atoms with E-state index in [0.29, 0.717) is 19.0 Å². The summed E-state index contributed by atoms with van der Waals surface area (Å²) < 4.78 is 5.20. The SMILES string of the molecule is CCCc1coc(CNC(=O)CNC)n1. The molecule has 1 aromatic rings. The minimum atomic E-state index is -0.0623. The summed E-state index contributed by atoms with van der Waals surface area (Å²) in [6.07, 6.45) is 3.59. The van der Waals surface area contributed by atoms with E-state index in [-0.39, 0.29) is 5.91 Å². The van der Waals surface area contributed by atoms with Gasteiger partial charge in [-0.1, -0.05) is 13.3 Å². The minimum Gasteiger partial charge on any atom is -0.447 e. The van der Waals surface area contributed by atoms with E-state index in [1.807, 2.05) is 0 Å². The van der Waals surface area contributed by atoms with Crippen molar-refractivity contribution in [2.75, 3.05) is 13.6 Å². The van der Waals surface area contributed by atoms with Crippen LogP contribution >= 0.6 is 0 Å². The number of oxazole rings is 1. The van der Waals surface area contributed by atoms with Crippen LogP contribution in [-0.2, 0) is 17.8 Å². The summed E-state index contributed by atoms with van der Waals surface area (Å²) in [5.41, 5.74) is 0.940. The maximum Gasteiger partial charge on any atom is 0.234 e. The molecule has 84 valence electrons. The number of nitrogens with zero attached hydrogens (tertiary/aromatic N) is 1. The molecule has 0 bridgehead atoms. The lowest BCUT2D eigenvalue weighted by Gasteiger charge is -2.00. The van der Waals surface area contributed by atoms with Crippen molar-refractivity contribution in [1.29, 1.82) is 0 Å². The Morgan fingerprint density at radius 1 is 1.60 bits per heavy atom. The Kier molecular flexibility index (Phi) is 4.83. The summed E-state index contributed by atoms with van der Waals surface area (Å²) in [6.45, 7) is 2.75. The average molecular weight is 211 g/mol. The summed E-state index contributed by atoms with van der Waals surface area (Å²) >= 11 is 0. The van der Waals surface area contributed by atoms with E-state index in [2.05, 4.69) is 22.5 Å². The average Bonchev–Trinajstić information content (AvgIpc) is 2.64. The van der Waals surface area contributed by atoms with Crippen molar-refractivity contribution in [2.24, 2.45) is 0 Å². The van der Waals surface area contributed by atoms with Crippen LogP contribution < -0.4 is 10.6 Å². The molecule has 1 amide bonds. The quantitative estimate of drug-likeness (QED) is 0.717. The van der Waals surface area contributed by atoms with Crippen molar-refractivity contribution in [3.8, 4) is 0 Å². The van der Waals surface area contributed by atoms with Gasteiger partial charge in [-0.2, -0.15) is 0 Å². The molecule has 5 nitrogen and oxygen atoms in total. The molecular formula is C10H17N3O2. The Bertz CT molecular complexity index is 309. The number of hydrogen-bond acceptors (Lipinski definition) is 4. The first-order chi connectivity index (χ1) is 7.26. The Labute approximate surface area is 89.3 Å². The summed E-state index contributed by atoms with van der Waals surface area (Å²) in [6, 6.07) is 0. The van der Waals surface area contributed by atoms with Gasteiger partial charge >= 0.3 is 0 Å². The van der Waals surface area contributed by atoms with Crippen molar-refractivity contribution >= 4 is 5.91 Å². The van der Waals surface area contributed by atoms with Crippen LogP contribution in [0.5, 0.6) is 0 Å². The molecule has 0 fully saturated rings. The van der Waals surface area contributed by atoms with E-state index >= 15 is 0 Å². The molecule has 0 saturated carbocycles. The summed E-state index contributed by atoms with van der Waals surface area (Å²) in [5, 5.41) is 5.46. The number of amides is 1. The maximum absolute atomic E-state index is 11.1. The van der Waals surface area contributed by atoms with Gasteiger partial charge in [-0.15, -0.1) is 0 Å². The highest BCUT2D eigenvalue weighted by Gasteiger charge is 2.04. The number of rotatable bonds is 6. The number of aromatic nitrogens is 1. The number of likely N-dealkylation sites (N-methyl/N-ethyl adjacent to an activating group) is 1. The maximum atomic E-state index is 11.1. The fourth-order valence-corrected chi connectivity index (χ4v) is 1.20. The van der Waals surface area contributed by atoms with Gasteiger partial charge in [-0.05, 0) is 13.5 Å². The first-order valence-corrected chi connectivity index (χ1v) is 5.10. The zero-order valence-electron chi connectivity index (χ0n) is 9.17. The van der Waals surface area contributed by atoms with Gasteiger partial charge in [0.2, 0.25) is 11.8 Å². The summed E-state index contributed by atoms with van der Waals surface area (Å²) in [5.74, 6) is 0.496. The molecule has 0 spiro atoms. The van der Waals surface area contributed by atoms with Gasteiger partial charge in [-0.3, -0.25) is 4.79 Å². The molecule has 0 radical (unpaired) electrons. The smallest absolute Gasteiger partial charge is 0.234 e. The lowest BCUT2D eigenvalue weighted by atomic mass is 10.3. The molecule has 0 aliphatic rings. The van der Waals surface area contributed by atoms with Crippen LogP contribution in [0.3, 0.4) is 0 Å². The van der Waals surface area contributed by atoms with Crippen LogP contribution in [0.15, 0.2) is 10.7 Å². The molecule has 15 heavy (non-hydrogen) atoms. The number of nitrogens with one attached hydrogen (secondary N) is 2. The molecule has 1 heterocycles. The van der Waals surface area contributed by atoms with Gasteiger partial charge < -0.3 is 15.1 Å². The van der Waals surface area contributed by atoms with Crippen molar-refractivity contribution in [2.45, 2.75) is 26.3 Å². The van der Waals surface area contributed by atoms with Crippen molar-refractivity contribution in [3.05, 3.63) is 17.8 Å². The molecule has 1 rings (SSSR count). The molecule has 0 unspecified atom stereocenters. The molecule has 0 aliphatic carbocycles. The second-order valence-electron chi connectivity index (χ2n) is 3.29. The fourth-order valence-electron chi connectivity index (χ4n) is 1.20. The zero-order chi connectivity index (χ0) is 11.1. The summed E-state index contributed by atoms with van der Waals surface area (Å²) in [7, 11) is 1.73. The van der Waals surface area contributed by atoms with Gasteiger partial charge in [0, 0.05) is 0 Å². The Morgan fingerprint density at radius 3 is 3.07 bits per heavy atom. The van der Waals surface area contributed by atoms with Gasteiger partial charge in [0.15, 0.2) is 0 Å². The van der Waals surface area contributed by atoms with E-state index in [9.17, 15) is 4.79 Å². The largest absolute Gasteiger partial charge is 0.447 e. The Morgan fingerprint density at radius 2 is 2.40 bits per heavy atom. The molecule has 0 aromatic carbocycles. The van der Waals surface area contributed by atoms with Gasteiger partial charge in [0.05, 0.1) is 18.8 Å². The molecule has 0 aliphatic heterocycles. The predicted molar refractivity (Wildman–Crippen MR) is 56.3 cm³/mol. The first-order valence-electron chi connectivity index (χ1n) is 5.10. The van der Waals surface area contributed by atoms with Gasteiger partial charge in [0.25, 0.3) is 0 Å². The van der Waals surface area contributed by atoms with Crippen LogP contribution in [0.2, 0.25) is 0 Å². The zero-order valence-corrected chi connectivity index (χ0v) is 9.17. The number of hydrogen-bond donors (Lipinski definition) is 2. The predicted octanol–water partition coefficient (Wildman–Crippen LogP) is 0.463. The highest BCUT2D eigenvalue weighted by atomic mass is 16.3. The minimum absolute atomic E-state index is 0.0623. The Hall–Kier alpha value is -1.36. The van der Waals surface area contributed by atoms with Crippen LogP contribution in [-0.4, -0.2) is 24.5 Å². The molecule has 1 aromatic heterocycles. The van der Waals surface area contributed by atoms with E-state index in [0.717, 1.165) is 18.5 Å². The van der Waals surface area contributed by atoms with Crippen molar-refractivity contribution < 1.29 is 9.21 Å². The van der Waals surface area contributed by atoms with Crippen molar-refractivity contribution in [3.63, 3.8) is 0 Å². The van der Waals surface area contributed by atoms with Crippen LogP contribution in [0.25, 0.3) is 0 Å². The van der Waals surface area contributed by atoms with E-state index in [1.54, 1.807) is 13.3 Å². The third-order valence-electron chi connectivity index (χ3n) is 1.88. The third kappa shape index (κ3) is 4.12. The molecular weight excluding hydrogens is 194 g/mol. The molecule has 0 saturated heterocycles. The van der Waals surface area contributed by atoms with Crippen LogP contribution in [0, 0.1) is 0 Å². The second kappa shape index (κ2) is 6.19. The highest BCUT2D eigenvalue weighted by molar-refractivity contribution is 5.77. The van der Waals surface area contributed by atoms with Crippen LogP contribution in [0.1, 0.15) is 24.9 Å². The molecule has 2 N–H and O–H groups in total. The first kappa shape index (κ1) is 11.7. The monoisotopic (exact) mass is 211 g/mol. The van der Waals surface area contributed by atoms with Gasteiger partial charge in [0.1, 0.15) is 6.26 Å². The van der Waals surface area contributed by atoms with E-state index in [1.165, 1.54) is 0 Å². The lowest BCUT2D eigenvalue weighted by molar-refractivity contribution is -0.120. The lowest BCUT2D eigenvalue weighted by Crippen LogP contribution is -2.31. The standard InChI is InChI=1S/C10H17N3O2/c1-3-4-8-7-15-10(13-8)6-12-9(14)5-11-2/h7,11H,3-6H2,1-2H3,(H,12,14). The normalized spacial score (nSPS) is 10.3. The fraction of sp³-hybridized carbons (Fsp3) is 0.600. The third-order valence-corrected chi connectivity index (χ3v) is 1.88. The second-order valence-corrected chi connectivity index (χ2v) is 3.29. The Balaban J connectivity index is 2.34. The van der Waals surface area contributed by atoms with E-state index < -0.39 is 0 Å². The number of aryl methyl sites for hydroxylation is 1. The molecule has 0 atom stereocenters. The summed E-state index contributed by atoms with van der Waals surface area (Å²) in [4.78, 5) is 15.3. The molecule has 5 heteroatoms. The van der Waals surface area contributed by atoms with Gasteiger partial charge in [-0.25, -0.2) is 4.98 Å². The number of carbonyl (C=O) groups excluding carboxylic acids is 1. The topological polar surface area (TPSA) is 67.2 Å².